The fourth-order valence-electron chi connectivity index (χ4n) is 1.75. The summed E-state index contributed by atoms with van der Waals surface area (Å²) in [5.74, 6) is 0.345. The summed E-state index contributed by atoms with van der Waals surface area (Å²) in [5.41, 5.74) is -0.0344. The minimum atomic E-state index is -0.0344. The fraction of sp³-hybridized carbons (Fsp3) is 0.571. The third kappa shape index (κ3) is 4.35. The molecule has 0 saturated heterocycles. The maximum absolute atomic E-state index is 11.6. The van der Waals surface area contributed by atoms with Crippen molar-refractivity contribution >= 4 is 5.91 Å². The standard InChI is InChI=1S/C14H22N2O2/c1-4-7-13(17)15-12(11(2)3)10-16-9-6-5-8-14(16)18/h5-6,8-9,11-12H,4,7,10H2,1-3H3,(H,15,17)/t12-/m0/s1. The van der Waals surface area contributed by atoms with Gasteiger partial charge in [-0.15, -0.1) is 0 Å². The van der Waals surface area contributed by atoms with Crippen molar-refractivity contribution in [2.45, 2.75) is 46.2 Å². The average molecular weight is 250 g/mol. The Balaban J connectivity index is 2.72. The first-order chi connectivity index (χ1) is 8.54. The van der Waals surface area contributed by atoms with Gasteiger partial charge in [0.2, 0.25) is 5.91 Å². The molecule has 0 radical (unpaired) electrons. The van der Waals surface area contributed by atoms with Gasteiger partial charge >= 0.3 is 0 Å². The van der Waals surface area contributed by atoms with Crippen LogP contribution in [0.1, 0.15) is 33.6 Å². The molecule has 0 unspecified atom stereocenters. The molecule has 1 atom stereocenters. The fourth-order valence-corrected chi connectivity index (χ4v) is 1.75. The molecule has 1 heterocycles. The molecule has 4 heteroatoms. The second kappa shape index (κ2) is 6.99. The SMILES string of the molecule is CCCC(=O)N[C@@H](Cn1ccccc1=O)C(C)C. The zero-order valence-electron chi connectivity index (χ0n) is 11.3. The summed E-state index contributed by atoms with van der Waals surface area (Å²) in [4.78, 5) is 23.3. The Labute approximate surface area is 108 Å². The third-order valence-corrected chi connectivity index (χ3v) is 2.92. The molecular weight excluding hydrogens is 228 g/mol. The van der Waals surface area contributed by atoms with Gasteiger partial charge in [-0.3, -0.25) is 9.59 Å². The summed E-state index contributed by atoms with van der Waals surface area (Å²) >= 11 is 0. The van der Waals surface area contributed by atoms with Crippen LogP contribution in [0.25, 0.3) is 0 Å². The van der Waals surface area contributed by atoms with Crippen LogP contribution in [0.15, 0.2) is 29.2 Å². The van der Waals surface area contributed by atoms with Crippen LogP contribution >= 0.6 is 0 Å². The highest BCUT2D eigenvalue weighted by Crippen LogP contribution is 2.04. The van der Waals surface area contributed by atoms with Crippen LogP contribution in [0, 0.1) is 5.92 Å². The molecule has 18 heavy (non-hydrogen) atoms. The van der Waals surface area contributed by atoms with E-state index in [9.17, 15) is 9.59 Å². The summed E-state index contributed by atoms with van der Waals surface area (Å²) in [5, 5.41) is 2.99. The quantitative estimate of drug-likeness (QED) is 0.837. The monoisotopic (exact) mass is 250 g/mol. The van der Waals surface area contributed by atoms with E-state index in [-0.39, 0.29) is 23.4 Å². The van der Waals surface area contributed by atoms with Gasteiger partial charge in [0, 0.05) is 31.3 Å². The summed E-state index contributed by atoms with van der Waals surface area (Å²) in [6.07, 6.45) is 3.12. The molecule has 0 aliphatic carbocycles. The molecule has 0 bridgehead atoms. The number of aromatic nitrogens is 1. The topological polar surface area (TPSA) is 51.1 Å². The van der Waals surface area contributed by atoms with Crippen LogP contribution in [-0.4, -0.2) is 16.5 Å². The first-order valence-electron chi connectivity index (χ1n) is 6.49. The predicted octanol–water partition coefficient (Wildman–Crippen LogP) is 1.79. The van der Waals surface area contributed by atoms with Crippen LogP contribution in [0.4, 0.5) is 0 Å². The molecule has 0 spiro atoms. The molecule has 0 aliphatic rings. The maximum atomic E-state index is 11.6. The van der Waals surface area contributed by atoms with Crippen LogP contribution < -0.4 is 10.9 Å². The van der Waals surface area contributed by atoms with Gasteiger partial charge in [0.05, 0.1) is 0 Å². The summed E-state index contributed by atoms with van der Waals surface area (Å²) in [6.45, 7) is 6.59. The molecule has 4 nitrogen and oxygen atoms in total. The average Bonchev–Trinajstić information content (AvgIpc) is 2.31. The summed E-state index contributed by atoms with van der Waals surface area (Å²) in [6, 6.07) is 5.07. The number of carbonyl (C=O) groups excluding carboxylic acids is 1. The maximum Gasteiger partial charge on any atom is 0.250 e. The molecule has 0 aromatic carbocycles. The Morgan fingerprint density at radius 2 is 2.11 bits per heavy atom. The number of amides is 1. The number of hydrogen-bond acceptors (Lipinski definition) is 2. The van der Waals surface area contributed by atoms with Gasteiger partial charge in [0.25, 0.3) is 5.56 Å². The largest absolute Gasteiger partial charge is 0.351 e. The van der Waals surface area contributed by atoms with E-state index >= 15 is 0 Å². The predicted molar refractivity (Wildman–Crippen MR) is 72.4 cm³/mol. The van der Waals surface area contributed by atoms with Crippen molar-refractivity contribution in [1.29, 1.82) is 0 Å². The minimum Gasteiger partial charge on any atom is -0.351 e. The molecule has 1 N–H and O–H groups in total. The van der Waals surface area contributed by atoms with Crippen molar-refractivity contribution < 1.29 is 4.79 Å². The van der Waals surface area contributed by atoms with E-state index in [0.29, 0.717) is 13.0 Å². The van der Waals surface area contributed by atoms with Crippen LogP contribution in [0.2, 0.25) is 0 Å². The van der Waals surface area contributed by atoms with E-state index in [1.165, 1.54) is 6.07 Å². The number of nitrogens with one attached hydrogen (secondary N) is 1. The molecule has 1 amide bonds. The van der Waals surface area contributed by atoms with Crippen molar-refractivity contribution in [1.82, 2.24) is 9.88 Å². The minimum absolute atomic E-state index is 0.0100. The van der Waals surface area contributed by atoms with E-state index in [1.807, 2.05) is 26.8 Å². The lowest BCUT2D eigenvalue weighted by molar-refractivity contribution is -0.122. The third-order valence-electron chi connectivity index (χ3n) is 2.92. The molecule has 0 aliphatic heterocycles. The smallest absolute Gasteiger partial charge is 0.250 e. The van der Waals surface area contributed by atoms with Crippen molar-refractivity contribution in [3.8, 4) is 0 Å². The number of nitrogens with zero attached hydrogens (tertiary/aromatic N) is 1. The van der Waals surface area contributed by atoms with Crippen molar-refractivity contribution in [2.75, 3.05) is 0 Å². The zero-order chi connectivity index (χ0) is 13.5. The molecule has 0 saturated carbocycles. The van der Waals surface area contributed by atoms with Gasteiger partial charge in [0.15, 0.2) is 0 Å². The van der Waals surface area contributed by atoms with E-state index in [2.05, 4.69) is 5.32 Å². The van der Waals surface area contributed by atoms with Gasteiger partial charge in [-0.1, -0.05) is 26.8 Å². The summed E-state index contributed by atoms with van der Waals surface area (Å²) in [7, 11) is 0. The van der Waals surface area contributed by atoms with E-state index in [0.717, 1.165) is 6.42 Å². The Morgan fingerprint density at radius 3 is 2.67 bits per heavy atom. The van der Waals surface area contributed by atoms with Crippen LogP contribution in [-0.2, 0) is 11.3 Å². The molecule has 100 valence electrons. The number of hydrogen-bond donors (Lipinski definition) is 1. The molecule has 1 rings (SSSR count). The summed E-state index contributed by atoms with van der Waals surface area (Å²) < 4.78 is 1.64. The lowest BCUT2D eigenvalue weighted by Gasteiger charge is -2.23. The van der Waals surface area contributed by atoms with Crippen molar-refractivity contribution in [2.24, 2.45) is 5.92 Å². The highest BCUT2D eigenvalue weighted by Gasteiger charge is 2.16. The highest BCUT2D eigenvalue weighted by molar-refractivity contribution is 5.76. The van der Waals surface area contributed by atoms with Gasteiger partial charge < -0.3 is 9.88 Å². The highest BCUT2D eigenvalue weighted by atomic mass is 16.1. The van der Waals surface area contributed by atoms with Crippen molar-refractivity contribution in [3.05, 3.63) is 34.7 Å². The van der Waals surface area contributed by atoms with E-state index in [4.69, 9.17) is 0 Å². The second-order valence-electron chi connectivity index (χ2n) is 4.86. The molecule has 0 fully saturated rings. The zero-order valence-corrected chi connectivity index (χ0v) is 11.3. The Morgan fingerprint density at radius 1 is 1.39 bits per heavy atom. The first-order valence-corrected chi connectivity index (χ1v) is 6.49. The lowest BCUT2D eigenvalue weighted by atomic mass is 10.0. The first kappa shape index (κ1) is 14.5. The molecule has 1 aromatic heterocycles. The number of carbonyl (C=O) groups is 1. The number of rotatable bonds is 6. The Kier molecular flexibility index (Phi) is 5.62. The Bertz CT molecular complexity index is 437. The Hall–Kier alpha value is -1.58. The second-order valence-corrected chi connectivity index (χ2v) is 4.86. The molecule has 1 aromatic rings. The van der Waals surface area contributed by atoms with Crippen LogP contribution in [0.5, 0.6) is 0 Å². The normalized spacial score (nSPS) is 12.4. The van der Waals surface area contributed by atoms with Gasteiger partial charge in [-0.05, 0) is 18.4 Å². The van der Waals surface area contributed by atoms with E-state index < -0.39 is 0 Å². The van der Waals surface area contributed by atoms with E-state index in [1.54, 1.807) is 16.8 Å². The lowest BCUT2D eigenvalue weighted by Crippen LogP contribution is -2.43. The van der Waals surface area contributed by atoms with Gasteiger partial charge in [-0.2, -0.15) is 0 Å². The van der Waals surface area contributed by atoms with Crippen molar-refractivity contribution in [3.63, 3.8) is 0 Å². The van der Waals surface area contributed by atoms with Gasteiger partial charge in [0.1, 0.15) is 0 Å². The van der Waals surface area contributed by atoms with Crippen LogP contribution in [0.3, 0.4) is 0 Å². The molecular formula is C14H22N2O2. The van der Waals surface area contributed by atoms with Gasteiger partial charge in [-0.25, -0.2) is 0 Å². The number of pyridine rings is 1.